The Labute approximate surface area is 159 Å². The highest BCUT2D eigenvalue weighted by Gasteiger charge is 2.26. The van der Waals surface area contributed by atoms with E-state index >= 15 is 0 Å². The standard InChI is InChI=1S/C20H25N5O2/c26-20(18-5-3-7-22-19(18)24-12-14-27-15-13-24)25-10-8-23(9-11-25)16-17-4-1-2-6-21-17/h1-7H,8-16H2. The van der Waals surface area contributed by atoms with E-state index in [0.29, 0.717) is 18.8 Å². The summed E-state index contributed by atoms with van der Waals surface area (Å²) in [6.07, 6.45) is 3.58. The van der Waals surface area contributed by atoms with E-state index in [4.69, 9.17) is 4.74 Å². The van der Waals surface area contributed by atoms with Crippen LogP contribution in [-0.2, 0) is 11.3 Å². The number of morpholine rings is 1. The molecule has 7 nitrogen and oxygen atoms in total. The summed E-state index contributed by atoms with van der Waals surface area (Å²) in [5.74, 6) is 0.851. The minimum Gasteiger partial charge on any atom is -0.378 e. The van der Waals surface area contributed by atoms with Gasteiger partial charge in [-0.05, 0) is 24.3 Å². The van der Waals surface area contributed by atoms with Gasteiger partial charge in [0.1, 0.15) is 5.82 Å². The number of hydrogen-bond acceptors (Lipinski definition) is 6. The zero-order chi connectivity index (χ0) is 18.5. The molecule has 2 aromatic rings. The maximum Gasteiger partial charge on any atom is 0.257 e. The van der Waals surface area contributed by atoms with E-state index < -0.39 is 0 Å². The first-order valence-corrected chi connectivity index (χ1v) is 9.50. The first-order chi connectivity index (χ1) is 13.3. The molecule has 0 aliphatic carbocycles. The van der Waals surface area contributed by atoms with Gasteiger partial charge in [0.2, 0.25) is 0 Å². The highest BCUT2D eigenvalue weighted by atomic mass is 16.5. The van der Waals surface area contributed by atoms with Crippen molar-refractivity contribution >= 4 is 11.7 Å². The van der Waals surface area contributed by atoms with E-state index in [2.05, 4.69) is 19.8 Å². The molecule has 0 bridgehead atoms. The molecule has 2 saturated heterocycles. The number of anilines is 1. The minimum absolute atomic E-state index is 0.0714. The molecule has 1 amide bonds. The van der Waals surface area contributed by atoms with E-state index in [1.165, 1.54) is 0 Å². The van der Waals surface area contributed by atoms with Gasteiger partial charge in [0.25, 0.3) is 5.91 Å². The number of nitrogens with zero attached hydrogens (tertiary/aromatic N) is 5. The summed E-state index contributed by atoms with van der Waals surface area (Å²) in [6, 6.07) is 9.72. The summed E-state index contributed by atoms with van der Waals surface area (Å²) in [6.45, 7) is 6.89. The van der Waals surface area contributed by atoms with Gasteiger partial charge >= 0.3 is 0 Å². The monoisotopic (exact) mass is 367 g/mol. The van der Waals surface area contributed by atoms with Gasteiger partial charge in [-0.15, -0.1) is 0 Å². The minimum atomic E-state index is 0.0714. The molecule has 7 heteroatoms. The fourth-order valence-electron chi connectivity index (χ4n) is 3.59. The maximum absolute atomic E-state index is 13.1. The molecule has 27 heavy (non-hydrogen) atoms. The van der Waals surface area contributed by atoms with Crippen molar-refractivity contribution in [3.8, 4) is 0 Å². The Kier molecular flexibility index (Phi) is 5.60. The average molecular weight is 367 g/mol. The molecular weight excluding hydrogens is 342 g/mol. The quantitative estimate of drug-likeness (QED) is 0.811. The van der Waals surface area contributed by atoms with Crippen LogP contribution in [0, 0.1) is 0 Å². The van der Waals surface area contributed by atoms with Crippen LogP contribution < -0.4 is 4.90 Å². The number of hydrogen-bond donors (Lipinski definition) is 0. The Bertz CT molecular complexity index is 756. The van der Waals surface area contributed by atoms with E-state index in [1.54, 1.807) is 6.20 Å². The Morgan fingerprint density at radius 2 is 1.70 bits per heavy atom. The van der Waals surface area contributed by atoms with Gasteiger partial charge in [0, 0.05) is 58.2 Å². The summed E-state index contributed by atoms with van der Waals surface area (Å²) in [5, 5.41) is 0. The predicted molar refractivity (Wildman–Crippen MR) is 103 cm³/mol. The second-order valence-corrected chi connectivity index (χ2v) is 6.86. The van der Waals surface area contributed by atoms with Crippen molar-refractivity contribution in [2.45, 2.75) is 6.54 Å². The summed E-state index contributed by atoms with van der Waals surface area (Å²) < 4.78 is 5.42. The zero-order valence-corrected chi connectivity index (χ0v) is 15.5. The predicted octanol–water partition coefficient (Wildman–Crippen LogP) is 1.27. The van der Waals surface area contributed by atoms with Gasteiger partial charge in [-0.25, -0.2) is 4.98 Å². The van der Waals surface area contributed by atoms with Gasteiger partial charge in [-0.1, -0.05) is 6.07 Å². The van der Waals surface area contributed by atoms with Crippen LogP contribution in [0.4, 0.5) is 5.82 Å². The van der Waals surface area contributed by atoms with Crippen LogP contribution in [0.2, 0.25) is 0 Å². The second-order valence-electron chi connectivity index (χ2n) is 6.86. The maximum atomic E-state index is 13.1. The molecule has 0 spiro atoms. The molecular formula is C20H25N5O2. The smallest absolute Gasteiger partial charge is 0.257 e. The number of pyridine rings is 2. The van der Waals surface area contributed by atoms with Crippen molar-refractivity contribution in [1.82, 2.24) is 19.8 Å². The first kappa shape index (κ1) is 17.9. The molecule has 4 heterocycles. The topological polar surface area (TPSA) is 61.8 Å². The van der Waals surface area contributed by atoms with Crippen molar-refractivity contribution in [3.63, 3.8) is 0 Å². The van der Waals surface area contributed by atoms with Crippen molar-refractivity contribution < 1.29 is 9.53 Å². The molecule has 142 valence electrons. The number of ether oxygens (including phenoxy) is 1. The normalized spacial score (nSPS) is 18.5. The molecule has 4 rings (SSSR count). The lowest BCUT2D eigenvalue weighted by molar-refractivity contribution is 0.0626. The third-order valence-electron chi connectivity index (χ3n) is 5.10. The summed E-state index contributed by atoms with van der Waals surface area (Å²) in [4.78, 5) is 28.4. The van der Waals surface area contributed by atoms with Crippen LogP contribution in [0.25, 0.3) is 0 Å². The SMILES string of the molecule is O=C(c1cccnc1N1CCOCC1)N1CCN(Cc2ccccn2)CC1. The summed E-state index contributed by atoms with van der Waals surface area (Å²) >= 11 is 0. The Balaban J connectivity index is 1.39. The summed E-state index contributed by atoms with van der Waals surface area (Å²) in [5.41, 5.74) is 1.76. The molecule has 2 fully saturated rings. The Morgan fingerprint density at radius 1 is 0.926 bits per heavy atom. The van der Waals surface area contributed by atoms with E-state index in [1.807, 2.05) is 41.4 Å². The van der Waals surface area contributed by atoms with Gasteiger partial charge in [0.15, 0.2) is 0 Å². The molecule has 0 unspecified atom stereocenters. The van der Waals surface area contributed by atoms with Crippen LogP contribution in [0.1, 0.15) is 16.1 Å². The average Bonchev–Trinajstić information content (AvgIpc) is 2.75. The Hall–Kier alpha value is -2.51. The number of carbonyl (C=O) groups is 1. The van der Waals surface area contributed by atoms with E-state index in [9.17, 15) is 4.79 Å². The molecule has 2 aromatic heterocycles. The van der Waals surface area contributed by atoms with Crippen LogP contribution in [0.15, 0.2) is 42.7 Å². The highest BCUT2D eigenvalue weighted by Crippen LogP contribution is 2.21. The van der Waals surface area contributed by atoms with E-state index in [-0.39, 0.29) is 5.91 Å². The van der Waals surface area contributed by atoms with Crippen molar-refractivity contribution in [3.05, 3.63) is 54.0 Å². The third-order valence-corrected chi connectivity index (χ3v) is 5.10. The van der Waals surface area contributed by atoms with Crippen molar-refractivity contribution in [2.24, 2.45) is 0 Å². The number of rotatable bonds is 4. The van der Waals surface area contributed by atoms with Gasteiger partial charge < -0.3 is 14.5 Å². The number of piperazine rings is 1. The second kappa shape index (κ2) is 8.45. The molecule has 0 atom stereocenters. The third kappa shape index (κ3) is 4.26. The lowest BCUT2D eigenvalue weighted by atomic mass is 10.1. The zero-order valence-electron chi connectivity index (χ0n) is 15.5. The van der Waals surface area contributed by atoms with Crippen LogP contribution in [0.3, 0.4) is 0 Å². The number of carbonyl (C=O) groups excluding carboxylic acids is 1. The lowest BCUT2D eigenvalue weighted by Crippen LogP contribution is -2.48. The molecule has 0 aromatic carbocycles. The number of amides is 1. The molecule has 2 aliphatic heterocycles. The van der Waals surface area contributed by atoms with Crippen LogP contribution >= 0.6 is 0 Å². The van der Waals surface area contributed by atoms with Crippen molar-refractivity contribution in [1.29, 1.82) is 0 Å². The van der Waals surface area contributed by atoms with Crippen molar-refractivity contribution in [2.75, 3.05) is 57.4 Å². The molecule has 0 N–H and O–H groups in total. The van der Waals surface area contributed by atoms with Gasteiger partial charge in [-0.2, -0.15) is 0 Å². The number of aromatic nitrogens is 2. The largest absolute Gasteiger partial charge is 0.378 e. The lowest BCUT2D eigenvalue weighted by Gasteiger charge is -2.35. The first-order valence-electron chi connectivity index (χ1n) is 9.50. The van der Waals surface area contributed by atoms with Gasteiger partial charge in [0.05, 0.1) is 24.5 Å². The Morgan fingerprint density at radius 3 is 2.44 bits per heavy atom. The van der Waals surface area contributed by atoms with Crippen LogP contribution in [0.5, 0.6) is 0 Å². The highest BCUT2D eigenvalue weighted by molar-refractivity contribution is 5.99. The van der Waals surface area contributed by atoms with Gasteiger partial charge in [-0.3, -0.25) is 14.7 Å². The fraction of sp³-hybridized carbons (Fsp3) is 0.450. The molecule has 2 aliphatic rings. The molecule has 0 saturated carbocycles. The van der Waals surface area contributed by atoms with E-state index in [0.717, 1.165) is 57.3 Å². The summed E-state index contributed by atoms with van der Waals surface area (Å²) in [7, 11) is 0. The molecule has 0 radical (unpaired) electrons. The van der Waals surface area contributed by atoms with Crippen LogP contribution in [-0.4, -0.2) is 78.2 Å². The fourth-order valence-corrected chi connectivity index (χ4v) is 3.59.